The number of fused-ring (bicyclic) bond motifs is 2. The van der Waals surface area contributed by atoms with Gasteiger partial charge in [0.2, 0.25) is 5.91 Å². The average Bonchev–Trinajstić information content (AvgIpc) is 2.56. The van der Waals surface area contributed by atoms with Crippen molar-refractivity contribution >= 4 is 23.7 Å². The van der Waals surface area contributed by atoms with Gasteiger partial charge >= 0.3 is 0 Å². The summed E-state index contributed by atoms with van der Waals surface area (Å²) < 4.78 is 0. The van der Waals surface area contributed by atoms with Crippen LogP contribution in [0.4, 0.5) is 5.69 Å². The van der Waals surface area contributed by atoms with E-state index in [2.05, 4.69) is 44.2 Å². The fourth-order valence-electron chi connectivity index (χ4n) is 3.42. The molecule has 0 bridgehead atoms. The minimum Gasteiger partial charge on any atom is -0.307 e. The number of rotatable bonds is 3. The monoisotopic (exact) mass is 319 g/mol. The number of hydrogen-bond acceptors (Lipinski definition) is 1. The summed E-state index contributed by atoms with van der Waals surface area (Å²) in [6.07, 6.45) is 5.17. The predicted molar refractivity (Wildman–Crippen MR) is 102 cm³/mol. The van der Waals surface area contributed by atoms with Crippen LogP contribution in [0.15, 0.2) is 48.5 Å². The van der Waals surface area contributed by atoms with Crippen LogP contribution in [0.1, 0.15) is 43.9 Å². The van der Waals surface area contributed by atoms with Crippen molar-refractivity contribution in [2.45, 2.75) is 33.7 Å². The van der Waals surface area contributed by atoms with E-state index in [1.807, 2.05) is 42.2 Å². The first-order chi connectivity index (χ1) is 11.6. The maximum atomic E-state index is 13.2. The number of hydrogen-bond donors (Lipinski definition) is 0. The van der Waals surface area contributed by atoms with E-state index in [0.29, 0.717) is 12.5 Å². The second-order valence-corrected chi connectivity index (χ2v) is 7.05. The molecule has 0 saturated heterocycles. The highest BCUT2D eigenvalue weighted by atomic mass is 16.2. The number of benzene rings is 2. The lowest BCUT2D eigenvalue weighted by Crippen LogP contribution is -2.36. The fraction of sp³-hybridized carbons (Fsp3) is 0.318. The molecule has 0 radical (unpaired) electrons. The van der Waals surface area contributed by atoms with Gasteiger partial charge in [-0.1, -0.05) is 75.4 Å². The first-order valence-electron chi connectivity index (χ1n) is 8.72. The molecular formula is C22H25NO. The Balaban J connectivity index is 2.04. The molecule has 0 N–H and O–H groups in total. The highest BCUT2D eigenvalue weighted by Gasteiger charge is 2.25. The molecule has 1 aliphatic rings. The summed E-state index contributed by atoms with van der Waals surface area (Å²) in [5.74, 6) is 0.746. The predicted octanol–water partition coefficient (Wildman–Crippen LogP) is 5.39. The Morgan fingerprint density at radius 3 is 2.33 bits per heavy atom. The first kappa shape index (κ1) is 16.5. The van der Waals surface area contributed by atoms with Crippen LogP contribution in [-0.2, 0) is 11.3 Å². The molecule has 24 heavy (non-hydrogen) atoms. The molecule has 1 heterocycles. The van der Waals surface area contributed by atoms with E-state index in [4.69, 9.17) is 0 Å². The summed E-state index contributed by atoms with van der Waals surface area (Å²) in [7, 11) is 0. The van der Waals surface area contributed by atoms with Crippen LogP contribution < -0.4 is 4.90 Å². The summed E-state index contributed by atoms with van der Waals surface area (Å²) >= 11 is 0. The molecule has 0 saturated carbocycles. The third kappa shape index (κ3) is 3.43. The molecule has 0 aliphatic carbocycles. The Morgan fingerprint density at radius 1 is 0.958 bits per heavy atom. The van der Waals surface area contributed by atoms with Gasteiger partial charge in [-0.15, -0.1) is 0 Å². The van der Waals surface area contributed by atoms with E-state index >= 15 is 0 Å². The molecule has 1 atom stereocenters. The zero-order chi connectivity index (χ0) is 17.1. The molecule has 0 fully saturated rings. The van der Waals surface area contributed by atoms with Crippen LogP contribution in [-0.4, -0.2) is 5.91 Å². The number of carbonyl (C=O) groups is 1. The van der Waals surface area contributed by atoms with E-state index in [1.165, 1.54) is 11.1 Å². The van der Waals surface area contributed by atoms with Crippen LogP contribution in [0.25, 0.3) is 12.2 Å². The van der Waals surface area contributed by atoms with Gasteiger partial charge in [0.25, 0.3) is 0 Å². The lowest BCUT2D eigenvalue weighted by molar-refractivity contribution is -0.122. The third-order valence-electron chi connectivity index (χ3n) is 4.57. The largest absolute Gasteiger partial charge is 0.307 e. The number of anilines is 1. The zero-order valence-electron chi connectivity index (χ0n) is 14.7. The summed E-state index contributed by atoms with van der Waals surface area (Å²) in [4.78, 5) is 15.1. The average molecular weight is 319 g/mol. The van der Waals surface area contributed by atoms with Crippen molar-refractivity contribution in [1.29, 1.82) is 0 Å². The molecule has 3 rings (SSSR count). The quantitative estimate of drug-likeness (QED) is 0.743. The molecule has 0 aromatic heterocycles. The molecule has 124 valence electrons. The molecule has 2 heteroatoms. The van der Waals surface area contributed by atoms with Gasteiger partial charge in [0, 0.05) is 5.92 Å². The number of nitrogens with zero attached hydrogens (tertiary/aromatic N) is 1. The summed E-state index contributed by atoms with van der Waals surface area (Å²) in [5, 5.41) is 0. The molecule has 2 aromatic rings. The van der Waals surface area contributed by atoms with E-state index in [-0.39, 0.29) is 11.8 Å². The normalized spacial score (nSPS) is 15.9. The van der Waals surface area contributed by atoms with Gasteiger partial charge in [-0.05, 0) is 35.1 Å². The first-order valence-corrected chi connectivity index (χ1v) is 8.72. The second kappa shape index (κ2) is 7.04. The Hall–Kier alpha value is -2.35. The van der Waals surface area contributed by atoms with Gasteiger partial charge in [-0.2, -0.15) is 0 Å². The molecule has 1 amide bonds. The lowest BCUT2D eigenvalue weighted by atomic mass is 9.95. The van der Waals surface area contributed by atoms with E-state index < -0.39 is 0 Å². The number of carbonyl (C=O) groups excluding carboxylic acids is 1. The van der Waals surface area contributed by atoms with Gasteiger partial charge in [-0.3, -0.25) is 4.79 Å². The minimum absolute atomic E-state index is 0.0219. The van der Waals surface area contributed by atoms with Crippen molar-refractivity contribution in [3.8, 4) is 0 Å². The van der Waals surface area contributed by atoms with Crippen LogP contribution in [0, 0.1) is 11.8 Å². The number of para-hydroxylation sites is 1. The van der Waals surface area contributed by atoms with Gasteiger partial charge in [-0.25, -0.2) is 0 Å². The number of amides is 1. The standard InChI is InChI=1S/C22H25NO/c1-16(2)14-17(3)22(24)23-15-20-10-5-4-8-18(20)12-13-19-9-6-7-11-21(19)23/h4-13,16-17H,14-15H2,1-3H3/b13-12-. The van der Waals surface area contributed by atoms with Crippen LogP contribution >= 0.6 is 0 Å². The van der Waals surface area contributed by atoms with Crippen LogP contribution in [0.3, 0.4) is 0 Å². The van der Waals surface area contributed by atoms with Crippen LogP contribution in [0.2, 0.25) is 0 Å². The van der Waals surface area contributed by atoms with Gasteiger partial charge in [0.1, 0.15) is 0 Å². The van der Waals surface area contributed by atoms with E-state index in [9.17, 15) is 4.79 Å². The van der Waals surface area contributed by atoms with E-state index in [0.717, 1.165) is 17.7 Å². The van der Waals surface area contributed by atoms with Crippen LogP contribution in [0.5, 0.6) is 0 Å². The fourth-order valence-corrected chi connectivity index (χ4v) is 3.42. The zero-order valence-corrected chi connectivity index (χ0v) is 14.7. The van der Waals surface area contributed by atoms with Crippen molar-refractivity contribution in [1.82, 2.24) is 0 Å². The molecular weight excluding hydrogens is 294 g/mol. The molecule has 1 aliphatic heterocycles. The smallest absolute Gasteiger partial charge is 0.230 e. The lowest BCUT2D eigenvalue weighted by Gasteiger charge is -2.29. The van der Waals surface area contributed by atoms with Crippen molar-refractivity contribution in [3.63, 3.8) is 0 Å². The Kier molecular flexibility index (Phi) is 4.84. The molecule has 2 aromatic carbocycles. The van der Waals surface area contributed by atoms with Crippen molar-refractivity contribution < 1.29 is 4.79 Å². The SMILES string of the molecule is CC(C)CC(C)C(=O)N1Cc2ccccc2/C=C\c2ccccc21. The molecule has 2 nitrogen and oxygen atoms in total. The third-order valence-corrected chi connectivity index (χ3v) is 4.57. The maximum Gasteiger partial charge on any atom is 0.230 e. The summed E-state index contributed by atoms with van der Waals surface area (Å²) in [6, 6.07) is 16.5. The van der Waals surface area contributed by atoms with Gasteiger partial charge in [0.15, 0.2) is 0 Å². The topological polar surface area (TPSA) is 20.3 Å². The van der Waals surface area contributed by atoms with Gasteiger partial charge < -0.3 is 4.90 Å². The minimum atomic E-state index is 0.0219. The Morgan fingerprint density at radius 2 is 1.58 bits per heavy atom. The summed E-state index contributed by atoms with van der Waals surface area (Å²) in [6.45, 7) is 7.01. The highest BCUT2D eigenvalue weighted by Crippen LogP contribution is 2.30. The Bertz CT molecular complexity index is 760. The van der Waals surface area contributed by atoms with Gasteiger partial charge in [0.05, 0.1) is 12.2 Å². The maximum absolute atomic E-state index is 13.2. The Labute approximate surface area is 144 Å². The highest BCUT2D eigenvalue weighted by molar-refractivity contribution is 5.98. The van der Waals surface area contributed by atoms with E-state index in [1.54, 1.807) is 0 Å². The van der Waals surface area contributed by atoms with Crippen molar-refractivity contribution in [3.05, 3.63) is 65.2 Å². The van der Waals surface area contributed by atoms with Crippen molar-refractivity contribution in [2.75, 3.05) is 4.90 Å². The second-order valence-electron chi connectivity index (χ2n) is 7.05. The molecule has 1 unspecified atom stereocenters. The molecule has 0 spiro atoms. The van der Waals surface area contributed by atoms with Crippen molar-refractivity contribution in [2.24, 2.45) is 11.8 Å². The summed E-state index contributed by atoms with van der Waals surface area (Å²) in [5.41, 5.74) is 4.47.